The first-order valence-corrected chi connectivity index (χ1v) is 13.9. The van der Waals surface area contributed by atoms with Crippen LogP contribution in [-0.2, 0) is 40.7 Å². The Morgan fingerprint density at radius 2 is 1.32 bits per heavy atom. The van der Waals surface area contributed by atoms with E-state index in [1.165, 1.54) is 13.8 Å². The fourth-order valence-corrected chi connectivity index (χ4v) is 5.59. The van der Waals surface area contributed by atoms with Crippen LogP contribution in [-0.4, -0.2) is 36.3 Å². The summed E-state index contributed by atoms with van der Waals surface area (Å²) in [5.74, 6) is -0.438. The van der Waals surface area contributed by atoms with Gasteiger partial charge in [0.05, 0.1) is 47.2 Å². The maximum Gasteiger partial charge on any atom is 0.417 e. The molecule has 1 aliphatic heterocycles. The minimum atomic E-state index is -5.63. The number of benzene rings is 2. The first-order chi connectivity index (χ1) is 21.4. The second-order valence-corrected chi connectivity index (χ2v) is 11.4. The van der Waals surface area contributed by atoms with E-state index in [1.807, 2.05) is 0 Å². The molecule has 2 amide bonds. The first-order valence-electron chi connectivity index (χ1n) is 13.9. The van der Waals surface area contributed by atoms with Gasteiger partial charge in [0.15, 0.2) is 0 Å². The number of carbonyl (C=O) groups is 2. The van der Waals surface area contributed by atoms with Crippen molar-refractivity contribution in [2.24, 2.45) is 5.92 Å². The normalized spacial score (nSPS) is 19.0. The first kappa shape index (κ1) is 36.0. The number of rotatable bonds is 5. The quantitative estimate of drug-likeness (QED) is 0.293. The minimum Gasteiger partial charge on any atom is -0.453 e. The fraction of sp³-hybridized carbons (Fsp3) is 0.517. The Hall–Kier alpha value is -3.86. The Morgan fingerprint density at radius 1 is 0.809 bits per heavy atom. The second-order valence-electron chi connectivity index (χ2n) is 11.4. The van der Waals surface area contributed by atoms with Crippen molar-refractivity contribution in [1.29, 1.82) is 0 Å². The molecule has 0 aromatic heterocycles. The topological polar surface area (TPSA) is 59.1 Å². The van der Waals surface area contributed by atoms with E-state index in [4.69, 9.17) is 9.47 Å². The van der Waals surface area contributed by atoms with Gasteiger partial charge >= 0.3 is 36.9 Å². The molecule has 2 aliphatic rings. The van der Waals surface area contributed by atoms with E-state index in [2.05, 4.69) is 0 Å². The van der Waals surface area contributed by atoms with Gasteiger partial charge in [0.2, 0.25) is 0 Å². The number of ether oxygens (including phenoxy) is 2. The van der Waals surface area contributed by atoms with Crippen LogP contribution in [0.25, 0.3) is 0 Å². The molecule has 1 saturated carbocycles. The summed E-state index contributed by atoms with van der Waals surface area (Å²) in [6.07, 6.45) is -24.9. The van der Waals surface area contributed by atoms with Crippen LogP contribution in [0.3, 0.4) is 0 Å². The van der Waals surface area contributed by atoms with Gasteiger partial charge in [-0.15, -0.1) is 0 Å². The maximum atomic E-state index is 14.1. The number of alkyl halides is 12. The second kappa shape index (κ2) is 12.3. The molecule has 2 atom stereocenters. The predicted octanol–water partition coefficient (Wildman–Crippen LogP) is 9.61. The van der Waals surface area contributed by atoms with Gasteiger partial charge in [-0.05, 0) is 80.5 Å². The number of nitrogens with zero attached hydrogens (tertiary/aromatic N) is 2. The van der Waals surface area contributed by atoms with Crippen LogP contribution in [0.15, 0.2) is 30.3 Å². The van der Waals surface area contributed by atoms with E-state index in [1.54, 1.807) is 0 Å². The molecular formula is C29H26F12N2O4. The number of amides is 2. The van der Waals surface area contributed by atoms with Gasteiger partial charge in [-0.25, -0.2) is 9.59 Å². The van der Waals surface area contributed by atoms with Crippen LogP contribution in [0.4, 0.5) is 68.0 Å². The molecule has 0 saturated heterocycles. The Kier molecular flexibility index (Phi) is 9.42. The van der Waals surface area contributed by atoms with Crippen LogP contribution in [0, 0.1) is 5.92 Å². The summed E-state index contributed by atoms with van der Waals surface area (Å²) in [6, 6.07) is -2.21. The number of carbonyl (C=O) groups excluding carboxylic acids is 2. The van der Waals surface area contributed by atoms with Crippen molar-refractivity contribution in [3.8, 4) is 0 Å². The summed E-state index contributed by atoms with van der Waals surface area (Å²) >= 11 is 0. The number of halogens is 12. The van der Waals surface area contributed by atoms with E-state index in [-0.39, 0.29) is 18.2 Å². The molecule has 47 heavy (non-hydrogen) atoms. The summed E-state index contributed by atoms with van der Waals surface area (Å²) in [5, 5.41) is 0. The molecule has 0 radical (unpaired) electrons. The zero-order chi connectivity index (χ0) is 35.4. The highest BCUT2D eigenvalue weighted by Gasteiger charge is 2.51. The zero-order valence-corrected chi connectivity index (χ0v) is 24.6. The molecule has 1 heterocycles. The van der Waals surface area contributed by atoms with E-state index >= 15 is 0 Å². The number of hydrogen-bond acceptors (Lipinski definition) is 4. The Labute approximate surface area is 259 Å². The van der Waals surface area contributed by atoms with Crippen molar-refractivity contribution in [3.05, 3.63) is 63.7 Å². The largest absolute Gasteiger partial charge is 0.453 e. The fourth-order valence-electron chi connectivity index (χ4n) is 5.59. The van der Waals surface area contributed by atoms with Crippen molar-refractivity contribution in [2.75, 3.05) is 12.0 Å². The number of hydrogen-bond donors (Lipinski definition) is 0. The van der Waals surface area contributed by atoms with Crippen LogP contribution >= 0.6 is 0 Å². The van der Waals surface area contributed by atoms with Crippen LogP contribution in [0.2, 0.25) is 0 Å². The predicted molar refractivity (Wildman–Crippen MR) is 139 cm³/mol. The smallest absolute Gasteiger partial charge is 0.417 e. The van der Waals surface area contributed by atoms with Gasteiger partial charge in [0.25, 0.3) is 0 Å². The molecule has 0 spiro atoms. The van der Waals surface area contributed by atoms with Crippen LogP contribution < -0.4 is 4.90 Å². The van der Waals surface area contributed by atoms with Gasteiger partial charge in [0, 0.05) is 12.6 Å². The van der Waals surface area contributed by atoms with Gasteiger partial charge in [-0.1, -0.05) is 0 Å². The highest BCUT2D eigenvalue weighted by Crippen LogP contribution is 2.52. The monoisotopic (exact) mass is 694 g/mol. The van der Waals surface area contributed by atoms with E-state index < -0.39 is 113 Å². The van der Waals surface area contributed by atoms with Crippen LogP contribution in [0.5, 0.6) is 0 Å². The lowest BCUT2D eigenvalue weighted by Gasteiger charge is -2.44. The Morgan fingerprint density at radius 3 is 1.74 bits per heavy atom. The molecule has 1 fully saturated rings. The standard InChI is InChI=1S/C29H26F12N2O4/c1-13(2)47-25(45)43-21(15-4-5-15)11-22(18-9-19(28(36,37)38)20(10-23(18)43)29(39,40)41)42(24(44)46-3)12-14-6-16(26(30,31)32)8-17(7-14)27(33,34)35/h6-10,13,15,21-22H,4-5,11-12H2,1-3H3/t21-,22-/m0/s1. The Bertz CT molecular complexity index is 1480. The van der Waals surface area contributed by atoms with E-state index in [0.29, 0.717) is 29.9 Å². The zero-order valence-electron chi connectivity index (χ0n) is 24.6. The average Bonchev–Trinajstić information content (AvgIpc) is 3.77. The lowest BCUT2D eigenvalue weighted by atomic mass is 9.85. The van der Waals surface area contributed by atoms with Crippen molar-refractivity contribution >= 4 is 17.9 Å². The SMILES string of the molecule is COC(=O)N(Cc1cc(C(F)(F)F)cc(C(F)(F)F)c1)[C@H]1C[C@@H](C2CC2)N(C(=O)OC(C)C)c2cc(C(F)(F)F)c(C(F)(F)F)cc21. The average molecular weight is 695 g/mol. The molecule has 4 rings (SSSR count). The van der Waals surface area contributed by atoms with Crippen molar-refractivity contribution in [3.63, 3.8) is 0 Å². The van der Waals surface area contributed by atoms with Crippen molar-refractivity contribution in [2.45, 2.75) is 82.5 Å². The number of anilines is 1. The molecule has 0 unspecified atom stereocenters. The van der Waals surface area contributed by atoms with Crippen molar-refractivity contribution < 1.29 is 71.7 Å². The molecule has 260 valence electrons. The summed E-state index contributed by atoms with van der Waals surface area (Å²) < 4.78 is 176. The molecule has 2 aromatic rings. The summed E-state index contributed by atoms with van der Waals surface area (Å²) in [5.41, 5.74) is -10.0. The van der Waals surface area contributed by atoms with Crippen LogP contribution in [0.1, 0.15) is 72.5 Å². The maximum absolute atomic E-state index is 14.1. The van der Waals surface area contributed by atoms with Gasteiger partial charge in [-0.2, -0.15) is 52.7 Å². The molecule has 0 bridgehead atoms. The summed E-state index contributed by atoms with van der Waals surface area (Å²) in [4.78, 5) is 27.7. The third-order valence-electron chi connectivity index (χ3n) is 7.68. The molecule has 1 aliphatic carbocycles. The Balaban J connectivity index is 1.99. The van der Waals surface area contributed by atoms with E-state index in [0.717, 1.165) is 12.0 Å². The van der Waals surface area contributed by atoms with E-state index in [9.17, 15) is 62.3 Å². The third-order valence-corrected chi connectivity index (χ3v) is 7.68. The molecule has 0 N–H and O–H groups in total. The third kappa shape index (κ3) is 7.83. The van der Waals surface area contributed by atoms with Gasteiger partial charge < -0.3 is 9.47 Å². The summed E-state index contributed by atoms with van der Waals surface area (Å²) in [6.45, 7) is 1.73. The molecule has 6 nitrogen and oxygen atoms in total. The van der Waals surface area contributed by atoms with Gasteiger partial charge in [-0.3, -0.25) is 9.80 Å². The highest BCUT2D eigenvalue weighted by atomic mass is 19.4. The molecule has 2 aromatic carbocycles. The highest BCUT2D eigenvalue weighted by molar-refractivity contribution is 5.91. The lowest BCUT2D eigenvalue weighted by Crippen LogP contribution is -2.50. The minimum absolute atomic E-state index is 0.0742. The van der Waals surface area contributed by atoms with Crippen molar-refractivity contribution in [1.82, 2.24) is 4.90 Å². The summed E-state index contributed by atoms with van der Waals surface area (Å²) in [7, 11) is 0.783. The number of methoxy groups -OCH3 is 1. The van der Waals surface area contributed by atoms with Gasteiger partial charge in [0.1, 0.15) is 0 Å². The number of fused-ring (bicyclic) bond motifs is 1. The lowest BCUT2D eigenvalue weighted by molar-refractivity contribution is -0.162. The molecule has 18 heteroatoms. The molecular weight excluding hydrogens is 668 g/mol.